The molecule has 0 unspecified atom stereocenters. The maximum Gasteiger partial charge on any atom is 0.233 e. The van der Waals surface area contributed by atoms with Gasteiger partial charge in [0.15, 0.2) is 0 Å². The summed E-state index contributed by atoms with van der Waals surface area (Å²) in [6.45, 7) is 1.70. The van der Waals surface area contributed by atoms with E-state index in [1.54, 1.807) is 0 Å². The van der Waals surface area contributed by atoms with Gasteiger partial charge in [-0.3, -0.25) is 4.79 Å². The van der Waals surface area contributed by atoms with Crippen LogP contribution in [-0.2, 0) is 4.79 Å². The number of nitrogens with one attached hydrogen (secondary N) is 2. The molecule has 0 heterocycles. The van der Waals surface area contributed by atoms with Crippen LogP contribution in [0.5, 0.6) is 0 Å². The van der Waals surface area contributed by atoms with Gasteiger partial charge in [-0.25, -0.2) is 0 Å². The Bertz CT molecular complexity index is 269. The van der Waals surface area contributed by atoms with E-state index in [1.165, 1.54) is 25.7 Å². The number of rotatable bonds is 6. The fourth-order valence-electron chi connectivity index (χ4n) is 2.61. The molecule has 0 saturated heterocycles. The van der Waals surface area contributed by atoms with E-state index in [-0.39, 0.29) is 5.91 Å². The van der Waals surface area contributed by atoms with Gasteiger partial charge in [0.1, 0.15) is 0 Å². The predicted molar refractivity (Wildman–Crippen MR) is 71.3 cm³/mol. The van der Waals surface area contributed by atoms with Crippen LogP contribution in [0.1, 0.15) is 51.4 Å². The molecule has 0 bridgehead atoms. The largest absolute Gasteiger partial charge is 0.389 e. The van der Waals surface area contributed by atoms with Crippen LogP contribution in [0.25, 0.3) is 0 Å². The Hall–Kier alpha value is -0.610. The fourth-order valence-corrected chi connectivity index (χ4v) is 2.61. The third-order valence-electron chi connectivity index (χ3n) is 4.06. The minimum atomic E-state index is -0.590. The monoisotopic (exact) mass is 254 g/mol. The summed E-state index contributed by atoms with van der Waals surface area (Å²) in [5, 5.41) is 16.4. The molecule has 0 aliphatic heterocycles. The number of carbonyl (C=O) groups excluding carboxylic acids is 1. The summed E-state index contributed by atoms with van der Waals surface area (Å²) in [5.41, 5.74) is -0.590. The second-order valence-electron chi connectivity index (χ2n) is 5.99. The third kappa shape index (κ3) is 4.94. The Balaban J connectivity index is 1.58. The first-order chi connectivity index (χ1) is 8.68. The van der Waals surface area contributed by atoms with Crippen molar-refractivity contribution in [2.24, 2.45) is 5.92 Å². The van der Waals surface area contributed by atoms with E-state index in [1.807, 2.05) is 0 Å². The predicted octanol–water partition coefficient (Wildman–Crippen LogP) is 1.19. The second kappa shape index (κ2) is 6.53. The van der Waals surface area contributed by atoms with Crippen LogP contribution in [-0.4, -0.2) is 36.2 Å². The first-order valence-electron chi connectivity index (χ1n) is 7.38. The summed E-state index contributed by atoms with van der Waals surface area (Å²) in [4.78, 5) is 11.5. The lowest BCUT2D eigenvalue weighted by Gasteiger charge is -2.26. The van der Waals surface area contributed by atoms with Crippen LogP contribution in [0.3, 0.4) is 0 Å². The molecule has 4 heteroatoms. The van der Waals surface area contributed by atoms with Crippen molar-refractivity contribution >= 4 is 5.91 Å². The molecule has 2 fully saturated rings. The molecule has 2 saturated carbocycles. The van der Waals surface area contributed by atoms with E-state index < -0.39 is 5.60 Å². The fraction of sp³-hybridized carbons (Fsp3) is 0.929. The highest BCUT2D eigenvalue weighted by atomic mass is 16.3. The van der Waals surface area contributed by atoms with E-state index in [0.717, 1.165) is 38.1 Å². The normalized spacial score (nSPS) is 23.4. The highest BCUT2D eigenvalue weighted by molar-refractivity contribution is 5.77. The lowest BCUT2D eigenvalue weighted by molar-refractivity contribution is -0.120. The Morgan fingerprint density at radius 2 is 1.83 bits per heavy atom. The highest BCUT2D eigenvalue weighted by Gasteiger charge is 2.27. The molecular formula is C14H26N2O2. The van der Waals surface area contributed by atoms with E-state index in [2.05, 4.69) is 10.6 Å². The van der Waals surface area contributed by atoms with Crippen molar-refractivity contribution in [3.05, 3.63) is 0 Å². The molecule has 3 N–H and O–H groups in total. The lowest BCUT2D eigenvalue weighted by atomic mass is 9.94. The maximum absolute atomic E-state index is 11.5. The molecule has 0 aromatic rings. The smallest absolute Gasteiger partial charge is 0.233 e. The van der Waals surface area contributed by atoms with E-state index in [4.69, 9.17) is 0 Å². The zero-order valence-electron chi connectivity index (χ0n) is 11.2. The van der Waals surface area contributed by atoms with Crippen LogP contribution in [0.4, 0.5) is 0 Å². The SMILES string of the molecule is O=C(CNCC1(O)CCCCCC1)NCC1CC1. The Morgan fingerprint density at radius 1 is 1.17 bits per heavy atom. The summed E-state index contributed by atoms with van der Waals surface area (Å²) in [6, 6.07) is 0. The molecular weight excluding hydrogens is 228 g/mol. The van der Waals surface area contributed by atoms with Gasteiger partial charge in [0.2, 0.25) is 5.91 Å². The molecule has 18 heavy (non-hydrogen) atoms. The summed E-state index contributed by atoms with van der Waals surface area (Å²) >= 11 is 0. The van der Waals surface area contributed by atoms with Crippen molar-refractivity contribution < 1.29 is 9.90 Å². The molecule has 2 aliphatic rings. The first kappa shape index (κ1) is 13.8. The van der Waals surface area contributed by atoms with Crippen molar-refractivity contribution in [2.75, 3.05) is 19.6 Å². The first-order valence-corrected chi connectivity index (χ1v) is 7.38. The third-order valence-corrected chi connectivity index (χ3v) is 4.06. The van der Waals surface area contributed by atoms with Crippen molar-refractivity contribution in [1.82, 2.24) is 10.6 Å². The van der Waals surface area contributed by atoms with Crippen LogP contribution >= 0.6 is 0 Å². The molecule has 104 valence electrons. The number of aliphatic hydroxyl groups is 1. The van der Waals surface area contributed by atoms with Crippen LogP contribution in [0.15, 0.2) is 0 Å². The second-order valence-corrected chi connectivity index (χ2v) is 5.99. The molecule has 0 atom stereocenters. The van der Waals surface area contributed by atoms with Gasteiger partial charge in [0.25, 0.3) is 0 Å². The van der Waals surface area contributed by atoms with E-state index in [0.29, 0.717) is 13.1 Å². The van der Waals surface area contributed by atoms with Gasteiger partial charge in [-0.05, 0) is 31.6 Å². The van der Waals surface area contributed by atoms with Gasteiger partial charge in [-0.1, -0.05) is 25.7 Å². The zero-order chi connectivity index (χ0) is 12.8. The lowest BCUT2D eigenvalue weighted by Crippen LogP contribution is -2.44. The van der Waals surface area contributed by atoms with Crippen LogP contribution < -0.4 is 10.6 Å². The number of hydrogen-bond acceptors (Lipinski definition) is 3. The van der Waals surface area contributed by atoms with Gasteiger partial charge in [-0.15, -0.1) is 0 Å². The van der Waals surface area contributed by atoms with Crippen molar-refractivity contribution in [1.29, 1.82) is 0 Å². The van der Waals surface area contributed by atoms with Crippen LogP contribution in [0.2, 0.25) is 0 Å². The average molecular weight is 254 g/mol. The molecule has 2 aliphatic carbocycles. The maximum atomic E-state index is 11.5. The molecule has 0 radical (unpaired) electrons. The van der Waals surface area contributed by atoms with Gasteiger partial charge >= 0.3 is 0 Å². The standard InChI is InChI=1S/C14H26N2O2/c17-13(16-9-12-5-6-12)10-15-11-14(18)7-3-1-2-4-8-14/h12,15,18H,1-11H2,(H,16,17). The Labute approximate surface area is 110 Å². The number of hydrogen-bond donors (Lipinski definition) is 3. The van der Waals surface area contributed by atoms with Crippen LogP contribution in [0, 0.1) is 5.92 Å². The van der Waals surface area contributed by atoms with Gasteiger partial charge in [0, 0.05) is 13.1 Å². The summed E-state index contributed by atoms with van der Waals surface area (Å²) in [7, 11) is 0. The number of carbonyl (C=O) groups is 1. The summed E-state index contributed by atoms with van der Waals surface area (Å²) < 4.78 is 0. The zero-order valence-corrected chi connectivity index (χ0v) is 11.2. The van der Waals surface area contributed by atoms with Crippen molar-refractivity contribution in [3.8, 4) is 0 Å². The minimum absolute atomic E-state index is 0.0547. The summed E-state index contributed by atoms with van der Waals surface area (Å²) in [6.07, 6.45) is 8.90. The van der Waals surface area contributed by atoms with E-state index in [9.17, 15) is 9.90 Å². The van der Waals surface area contributed by atoms with Crippen molar-refractivity contribution in [3.63, 3.8) is 0 Å². The van der Waals surface area contributed by atoms with E-state index >= 15 is 0 Å². The Kier molecular flexibility index (Phi) is 5.01. The van der Waals surface area contributed by atoms with Gasteiger partial charge in [-0.2, -0.15) is 0 Å². The topological polar surface area (TPSA) is 61.4 Å². The highest BCUT2D eigenvalue weighted by Crippen LogP contribution is 2.27. The molecule has 0 aromatic carbocycles. The van der Waals surface area contributed by atoms with Gasteiger partial charge < -0.3 is 15.7 Å². The molecule has 1 amide bonds. The molecule has 0 aromatic heterocycles. The summed E-state index contributed by atoms with van der Waals surface area (Å²) in [5.74, 6) is 0.777. The number of amides is 1. The van der Waals surface area contributed by atoms with Gasteiger partial charge in [0.05, 0.1) is 12.1 Å². The van der Waals surface area contributed by atoms with Crippen molar-refractivity contribution in [2.45, 2.75) is 57.0 Å². The molecule has 4 nitrogen and oxygen atoms in total. The quantitative estimate of drug-likeness (QED) is 0.624. The minimum Gasteiger partial charge on any atom is -0.389 e. The average Bonchev–Trinajstić information content (AvgIpc) is 3.15. The molecule has 0 spiro atoms. The Morgan fingerprint density at radius 3 is 2.44 bits per heavy atom. The molecule has 2 rings (SSSR count).